The van der Waals surface area contributed by atoms with E-state index in [4.69, 9.17) is 5.84 Å². The van der Waals surface area contributed by atoms with Gasteiger partial charge in [-0.2, -0.15) is 0 Å². The van der Waals surface area contributed by atoms with Gasteiger partial charge in [0.1, 0.15) is 5.69 Å². The summed E-state index contributed by atoms with van der Waals surface area (Å²) in [7, 11) is 0. The molecule has 8 heteroatoms. The first-order valence-corrected chi connectivity index (χ1v) is 8.86. The monoisotopic (exact) mass is 372 g/mol. The summed E-state index contributed by atoms with van der Waals surface area (Å²) in [5, 5.41) is 12.0. The highest BCUT2D eigenvalue weighted by molar-refractivity contribution is 6.05. The topological polar surface area (TPSA) is 117 Å². The van der Waals surface area contributed by atoms with E-state index >= 15 is 0 Å². The lowest BCUT2D eigenvalue weighted by molar-refractivity contribution is -0.156. The predicted molar refractivity (Wildman–Crippen MR) is 99.3 cm³/mol. The predicted octanol–water partition coefficient (Wildman–Crippen LogP) is 2.12. The molecule has 1 atom stereocenters. The van der Waals surface area contributed by atoms with E-state index in [-0.39, 0.29) is 18.6 Å². The van der Waals surface area contributed by atoms with E-state index in [0.717, 1.165) is 30.0 Å². The summed E-state index contributed by atoms with van der Waals surface area (Å²) in [6, 6.07) is 8.96. The van der Waals surface area contributed by atoms with Crippen LogP contribution in [0.25, 0.3) is 10.8 Å². The number of fused-ring (bicyclic) bond motifs is 1. The van der Waals surface area contributed by atoms with Gasteiger partial charge in [-0.3, -0.25) is 24.6 Å². The van der Waals surface area contributed by atoms with Crippen LogP contribution in [0.15, 0.2) is 36.5 Å². The Bertz CT molecular complexity index is 811. The van der Waals surface area contributed by atoms with Crippen molar-refractivity contribution in [1.82, 2.24) is 15.1 Å². The number of nitrogens with zero attached hydrogens (tertiary/aromatic N) is 3. The second-order valence-electron chi connectivity index (χ2n) is 6.35. The summed E-state index contributed by atoms with van der Waals surface area (Å²) < 4.78 is 0. The lowest BCUT2D eigenvalue weighted by Gasteiger charge is -2.23. The van der Waals surface area contributed by atoms with Gasteiger partial charge in [0.05, 0.1) is 12.5 Å². The molecule has 3 N–H and O–H groups in total. The highest BCUT2D eigenvalue weighted by atomic mass is 16.5. The third-order valence-corrected chi connectivity index (χ3v) is 4.34. The van der Waals surface area contributed by atoms with Crippen LogP contribution in [0.1, 0.15) is 43.1 Å². The third-order valence-electron chi connectivity index (χ3n) is 4.34. The van der Waals surface area contributed by atoms with Gasteiger partial charge >= 0.3 is 0 Å². The van der Waals surface area contributed by atoms with Gasteiger partial charge in [0.15, 0.2) is 0 Å². The van der Waals surface area contributed by atoms with Gasteiger partial charge in [-0.05, 0) is 17.9 Å². The molecule has 1 heterocycles. The van der Waals surface area contributed by atoms with Crippen molar-refractivity contribution in [2.75, 3.05) is 6.54 Å². The van der Waals surface area contributed by atoms with Gasteiger partial charge in [-0.25, -0.2) is 15.9 Å². The Morgan fingerprint density at radius 3 is 2.63 bits per heavy atom. The number of pyridine rings is 1. The van der Waals surface area contributed by atoms with Crippen molar-refractivity contribution in [3.8, 4) is 0 Å². The van der Waals surface area contributed by atoms with Gasteiger partial charge < -0.3 is 0 Å². The zero-order valence-electron chi connectivity index (χ0n) is 15.2. The SMILES string of the molecule is CCCCC[C@H](CN(O)C=O)C(=O)N(N)C(=O)c1cc2ccccc2cn1. The Hall–Kier alpha value is -2.84. The number of amides is 3. The fourth-order valence-corrected chi connectivity index (χ4v) is 2.82. The first-order chi connectivity index (χ1) is 13.0. The van der Waals surface area contributed by atoms with Crippen molar-refractivity contribution in [2.24, 2.45) is 11.8 Å². The molecule has 0 aliphatic heterocycles. The van der Waals surface area contributed by atoms with Crippen molar-refractivity contribution in [3.63, 3.8) is 0 Å². The molecule has 0 saturated carbocycles. The molecule has 0 saturated heterocycles. The molecule has 2 aromatic rings. The number of imide groups is 1. The molecule has 3 amide bonds. The van der Waals surface area contributed by atoms with Crippen molar-refractivity contribution >= 4 is 29.0 Å². The number of hydrogen-bond donors (Lipinski definition) is 2. The second-order valence-corrected chi connectivity index (χ2v) is 6.35. The number of hydroxylamine groups is 2. The first-order valence-electron chi connectivity index (χ1n) is 8.86. The molecule has 0 aliphatic carbocycles. The molecule has 0 fully saturated rings. The van der Waals surface area contributed by atoms with Gasteiger partial charge in [-0.1, -0.05) is 50.5 Å². The molecule has 1 aromatic heterocycles. The maximum atomic E-state index is 12.7. The Labute approximate surface area is 157 Å². The maximum absolute atomic E-state index is 12.7. The number of hydrogen-bond acceptors (Lipinski definition) is 6. The van der Waals surface area contributed by atoms with Gasteiger partial charge in [0, 0.05) is 11.6 Å². The highest BCUT2D eigenvalue weighted by Gasteiger charge is 2.29. The Morgan fingerprint density at radius 2 is 1.96 bits per heavy atom. The first kappa shape index (κ1) is 20.5. The van der Waals surface area contributed by atoms with E-state index in [1.165, 1.54) is 0 Å². The van der Waals surface area contributed by atoms with Crippen LogP contribution >= 0.6 is 0 Å². The average Bonchev–Trinajstić information content (AvgIpc) is 2.70. The molecule has 2 rings (SSSR count). The lowest BCUT2D eigenvalue weighted by atomic mass is 9.99. The number of aromatic nitrogens is 1. The Morgan fingerprint density at radius 1 is 1.26 bits per heavy atom. The highest BCUT2D eigenvalue weighted by Crippen LogP contribution is 2.17. The number of benzene rings is 1. The molecular formula is C19H24N4O4. The van der Waals surface area contributed by atoms with E-state index in [1.807, 2.05) is 31.2 Å². The van der Waals surface area contributed by atoms with Crippen LogP contribution in [-0.2, 0) is 9.59 Å². The minimum Gasteiger partial charge on any atom is -0.286 e. The molecule has 144 valence electrons. The van der Waals surface area contributed by atoms with Crippen LogP contribution in [0.2, 0.25) is 0 Å². The van der Waals surface area contributed by atoms with E-state index in [0.29, 0.717) is 16.5 Å². The molecule has 27 heavy (non-hydrogen) atoms. The number of hydrazine groups is 1. The molecule has 0 unspecified atom stereocenters. The fraction of sp³-hybridized carbons (Fsp3) is 0.368. The zero-order chi connectivity index (χ0) is 19.8. The van der Waals surface area contributed by atoms with Crippen molar-refractivity contribution < 1.29 is 19.6 Å². The number of carbonyl (C=O) groups excluding carboxylic acids is 3. The smallest absolute Gasteiger partial charge is 0.286 e. The van der Waals surface area contributed by atoms with E-state index in [2.05, 4.69) is 4.98 Å². The van der Waals surface area contributed by atoms with E-state index in [9.17, 15) is 19.6 Å². The minimum atomic E-state index is -0.777. The van der Waals surface area contributed by atoms with Crippen LogP contribution in [0.5, 0.6) is 0 Å². The number of rotatable bonds is 9. The van der Waals surface area contributed by atoms with Crippen molar-refractivity contribution in [1.29, 1.82) is 0 Å². The maximum Gasteiger partial charge on any atom is 0.293 e. The van der Waals surface area contributed by atoms with Crippen LogP contribution in [-0.4, -0.2) is 45.0 Å². The Kier molecular flexibility index (Phi) is 7.39. The number of nitrogens with two attached hydrogens (primary N) is 1. The fourth-order valence-electron chi connectivity index (χ4n) is 2.82. The minimum absolute atomic E-state index is 0.0492. The normalized spacial score (nSPS) is 11.8. The standard InChI is InChI=1S/C19H24N4O4/c1-2-3-4-9-16(12-22(27)13-24)18(25)23(20)19(26)17-10-14-7-5-6-8-15(14)11-21-17/h5-8,10-11,13,16,27H,2-4,9,12,20H2,1H3/t16-/m1/s1. The van der Waals surface area contributed by atoms with Gasteiger partial charge in [0.25, 0.3) is 5.91 Å². The summed E-state index contributed by atoms with van der Waals surface area (Å²) >= 11 is 0. The number of carbonyl (C=O) groups is 3. The largest absolute Gasteiger partial charge is 0.293 e. The number of unbranched alkanes of at least 4 members (excludes halogenated alkanes) is 2. The van der Waals surface area contributed by atoms with Gasteiger partial charge in [0.2, 0.25) is 12.3 Å². The average molecular weight is 372 g/mol. The van der Waals surface area contributed by atoms with Crippen LogP contribution in [0.4, 0.5) is 0 Å². The zero-order valence-corrected chi connectivity index (χ0v) is 15.2. The summed E-state index contributed by atoms with van der Waals surface area (Å²) in [6.07, 6.45) is 4.72. The Balaban J connectivity index is 2.16. The van der Waals surface area contributed by atoms with Crippen molar-refractivity contribution in [2.45, 2.75) is 32.6 Å². The van der Waals surface area contributed by atoms with E-state index in [1.54, 1.807) is 12.3 Å². The van der Waals surface area contributed by atoms with Crippen LogP contribution in [0.3, 0.4) is 0 Å². The molecule has 8 nitrogen and oxygen atoms in total. The lowest BCUT2D eigenvalue weighted by Crippen LogP contribution is -2.48. The van der Waals surface area contributed by atoms with E-state index < -0.39 is 17.7 Å². The molecule has 0 aliphatic rings. The summed E-state index contributed by atoms with van der Waals surface area (Å²) in [4.78, 5) is 40.0. The summed E-state index contributed by atoms with van der Waals surface area (Å²) in [6.45, 7) is 1.79. The molecular weight excluding hydrogens is 348 g/mol. The second kappa shape index (κ2) is 9.75. The third kappa shape index (κ3) is 5.32. The molecule has 0 radical (unpaired) electrons. The summed E-state index contributed by atoms with van der Waals surface area (Å²) in [5.41, 5.74) is 0.0492. The quantitative estimate of drug-likeness (QED) is 0.174. The van der Waals surface area contributed by atoms with Crippen LogP contribution in [0, 0.1) is 5.92 Å². The molecule has 1 aromatic carbocycles. The van der Waals surface area contributed by atoms with Crippen LogP contribution < -0.4 is 5.84 Å². The summed E-state index contributed by atoms with van der Waals surface area (Å²) in [5.74, 6) is 3.59. The molecule has 0 spiro atoms. The van der Waals surface area contributed by atoms with Gasteiger partial charge in [-0.15, -0.1) is 0 Å². The van der Waals surface area contributed by atoms with Crippen molar-refractivity contribution in [3.05, 3.63) is 42.2 Å². The molecule has 0 bridgehead atoms.